The third-order valence-corrected chi connectivity index (χ3v) is 3.96. The topological polar surface area (TPSA) is 131 Å². The van der Waals surface area contributed by atoms with Gasteiger partial charge in [0.15, 0.2) is 5.75 Å². The normalized spacial score (nSPS) is 10.6. The molecule has 31 heavy (non-hydrogen) atoms. The highest BCUT2D eigenvalue weighted by Gasteiger charge is 2.20. The number of para-hydroxylation sites is 1. The first-order valence-corrected chi connectivity index (χ1v) is 9.54. The second-order valence-electron chi connectivity index (χ2n) is 7.22. The van der Waals surface area contributed by atoms with Crippen LogP contribution in [0, 0.1) is 0 Å². The van der Waals surface area contributed by atoms with Crippen molar-refractivity contribution < 1.29 is 23.9 Å². The van der Waals surface area contributed by atoms with Crippen molar-refractivity contribution in [1.82, 2.24) is 21.2 Å². The lowest BCUT2D eigenvalue weighted by molar-refractivity contribution is 0.0483. The molecule has 11 heteroatoms. The van der Waals surface area contributed by atoms with Crippen LogP contribution >= 0.6 is 11.6 Å². The highest BCUT2D eigenvalue weighted by molar-refractivity contribution is 6.29. The zero-order valence-electron chi connectivity index (χ0n) is 17.8. The van der Waals surface area contributed by atoms with Gasteiger partial charge in [-0.1, -0.05) is 17.7 Å². The molecule has 0 unspecified atom stereocenters. The number of nitrogens with zero attached hydrogens (tertiary/aromatic N) is 1. The minimum Gasteiger partial charge on any atom is -0.494 e. The molecule has 0 spiro atoms. The number of rotatable bonds is 5. The molecule has 0 aliphatic heterocycles. The summed E-state index contributed by atoms with van der Waals surface area (Å²) >= 11 is 5.97. The largest absolute Gasteiger partial charge is 0.494 e. The number of methoxy groups -OCH3 is 1. The van der Waals surface area contributed by atoms with Crippen molar-refractivity contribution >= 4 is 40.9 Å². The van der Waals surface area contributed by atoms with E-state index in [0.29, 0.717) is 11.4 Å². The summed E-state index contributed by atoms with van der Waals surface area (Å²) in [6.07, 6.45) is 0.521. The quantitative estimate of drug-likeness (QED) is 0.407. The van der Waals surface area contributed by atoms with Crippen molar-refractivity contribution in [3.05, 3.63) is 46.7 Å². The summed E-state index contributed by atoms with van der Waals surface area (Å²) in [6, 6.07) is 6.24. The molecular formula is C20H24ClN5O5. The van der Waals surface area contributed by atoms with E-state index in [4.69, 9.17) is 21.1 Å². The van der Waals surface area contributed by atoms with E-state index in [1.54, 1.807) is 32.9 Å². The lowest BCUT2D eigenvalue weighted by atomic mass is 10.1. The van der Waals surface area contributed by atoms with Gasteiger partial charge < -0.3 is 20.1 Å². The van der Waals surface area contributed by atoms with Gasteiger partial charge in [-0.25, -0.2) is 15.2 Å². The van der Waals surface area contributed by atoms with Crippen LogP contribution in [-0.4, -0.2) is 42.7 Å². The highest BCUT2D eigenvalue weighted by Crippen LogP contribution is 2.33. The van der Waals surface area contributed by atoms with Crippen LogP contribution in [0.5, 0.6) is 5.75 Å². The number of halogens is 1. The Balaban J connectivity index is 2.28. The summed E-state index contributed by atoms with van der Waals surface area (Å²) in [7, 11) is 2.88. The van der Waals surface area contributed by atoms with Gasteiger partial charge in [0.05, 0.1) is 29.6 Å². The maximum Gasteiger partial charge on any atom is 0.426 e. The molecule has 10 nitrogen and oxygen atoms in total. The maximum absolute atomic E-state index is 12.6. The van der Waals surface area contributed by atoms with E-state index >= 15 is 0 Å². The van der Waals surface area contributed by atoms with Crippen LogP contribution in [-0.2, 0) is 4.74 Å². The fraction of sp³-hybridized carbons (Fsp3) is 0.300. The van der Waals surface area contributed by atoms with Gasteiger partial charge in [0.2, 0.25) is 0 Å². The molecule has 3 amide bonds. The first-order valence-electron chi connectivity index (χ1n) is 9.16. The number of ether oxygens (including phenoxy) is 2. The fourth-order valence-electron chi connectivity index (χ4n) is 2.51. The predicted molar refractivity (Wildman–Crippen MR) is 116 cm³/mol. The van der Waals surface area contributed by atoms with Crippen molar-refractivity contribution in [2.75, 3.05) is 19.5 Å². The van der Waals surface area contributed by atoms with Gasteiger partial charge in [-0.15, -0.1) is 0 Å². The molecule has 0 aliphatic carbocycles. The molecule has 0 aliphatic rings. The zero-order valence-corrected chi connectivity index (χ0v) is 18.5. The SMILES string of the molecule is CNC(=O)c1cnc(Cl)cc1Nc1cccc(C(=O)NNC(=O)OC(C)(C)C)c1OC. The van der Waals surface area contributed by atoms with Gasteiger partial charge in [0, 0.05) is 13.2 Å². The molecule has 1 heterocycles. The summed E-state index contributed by atoms with van der Waals surface area (Å²) < 4.78 is 10.5. The van der Waals surface area contributed by atoms with E-state index in [2.05, 4.69) is 26.5 Å². The Hall–Kier alpha value is -3.53. The molecule has 0 saturated carbocycles. The number of pyridine rings is 1. The number of hydrogen-bond donors (Lipinski definition) is 4. The maximum atomic E-state index is 12.6. The van der Waals surface area contributed by atoms with Crippen LogP contribution in [0.15, 0.2) is 30.5 Å². The van der Waals surface area contributed by atoms with Gasteiger partial charge in [0.25, 0.3) is 11.8 Å². The molecule has 2 rings (SSSR count). The number of benzene rings is 1. The van der Waals surface area contributed by atoms with Crippen molar-refractivity contribution in [3.8, 4) is 5.75 Å². The van der Waals surface area contributed by atoms with Crippen molar-refractivity contribution in [2.24, 2.45) is 0 Å². The highest BCUT2D eigenvalue weighted by atomic mass is 35.5. The van der Waals surface area contributed by atoms with E-state index in [1.807, 2.05) is 0 Å². The van der Waals surface area contributed by atoms with Gasteiger partial charge >= 0.3 is 6.09 Å². The molecule has 4 N–H and O–H groups in total. The first kappa shape index (κ1) is 23.7. The van der Waals surface area contributed by atoms with Crippen LogP contribution < -0.4 is 26.2 Å². The summed E-state index contributed by atoms with van der Waals surface area (Å²) in [5.74, 6) is -0.825. The number of carbonyl (C=O) groups is 3. The summed E-state index contributed by atoms with van der Waals surface area (Å²) in [5, 5.41) is 5.73. The monoisotopic (exact) mass is 449 g/mol. The second-order valence-corrected chi connectivity index (χ2v) is 7.61. The standard InChI is InChI=1S/C20H24ClN5O5/c1-20(2,3)31-19(29)26-25-18(28)11-7-6-8-13(16(11)30-5)24-14-9-15(21)23-10-12(14)17(27)22-4/h6-10H,1-5H3,(H,22,27)(H,23,24)(H,25,28)(H,26,29). The smallest absolute Gasteiger partial charge is 0.426 e. The minimum absolute atomic E-state index is 0.130. The number of amides is 3. The Morgan fingerprint density at radius 1 is 1.03 bits per heavy atom. The Bertz CT molecular complexity index is 990. The van der Waals surface area contributed by atoms with Crippen LogP contribution in [0.25, 0.3) is 0 Å². The van der Waals surface area contributed by atoms with Crippen molar-refractivity contribution in [3.63, 3.8) is 0 Å². The molecule has 0 radical (unpaired) electrons. The van der Waals surface area contributed by atoms with Crippen LogP contribution in [0.2, 0.25) is 5.15 Å². The summed E-state index contributed by atoms with van der Waals surface area (Å²) in [6.45, 7) is 5.10. The Labute approximate surface area is 184 Å². The first-order chi connectivity index (χ1) is 14.6. The molecule has 1 aromatic carbocycles. The van der Waals surface area contributed by atoms with Crippen molar-refractivity contribution in [1.29, 1.82) is 0 Å². The van der Waals surface area contributed by atoms with Crippen LogP contribution in [0.3, 0.4) is 0 Å². The number of hydrazine groups is 1. The molecule has 0 saturated heterocycles. The average Bonchev–Trinajstić information content (AvgIpc) is 2.70. The molecule has 0 bridgehead atoms. The van der Waals surface area contributed by atoms with Gasteiger partial charge in [0.1, 0.15) is 10.8 Å². The average molecular weight is 450 g/mol. The zero-order chi connectivity index (χ0) is 23.2. The molecule has 0 atom stereocenters. The van der Waals surface area contributed by atoms with Crippen LogP contribution in [0.1, 0.15) is 41.5 Å². The number of carbonyl (C=O) groups excluding carboxylic acids is 3. The Kier molecular flexibility index (Phi) is 7.65. The molecular weight excluding hydrogens is 426 g/mol. The lowest BCUT2D eigenvalue weighted by Crippen LogP contribution is -2.44. The van der Waals surface area contributed by atoms with Crippen molar-refractivity contribution in [2.45, 2.75) is 26.4 Å². The lowest BCUT2D eigenvalue weighted by Gasteiger charge is -2.20. The van der Waals surface area contributed by atoms with Crippen LogP contribution in [0.4, 0.5) is 16.2 Å². The molecule has 166 valence electrons. The van der Waals surface area contributed by atoms with E-state index in [0.717, 1.165) is 0 Å². The predicted octanol–water partition coefficient (Wildman–Crippen LogP) is 3.02. The molecule has 0 fully saturated rings. The van der Waals surface area contributed by atoms with E-state index in [-0.39, 0.29) is 27.9 Å². The third kappa shape index (κ3) is 6.48. The Morgan fingerprint density at radius 2 is 1.74 bits per heavy atom. The fourth-order valence-corrected chi connectivity index (χ4v) is 2.66. The second kappa shape index (κ2) is 9.98. The van der Waals surface area contributed by atoms with E-state index in [1.165, 1.54) is 32.5 Å². The summed E-state index contributed by atoms with van der Waals surface area (Å²) in [4.78, 5) is 40.4. The van der Waals surface area contributed by atoms with E-state index < -0.39 is 17.6 Å². The molecule has 1 aromatic heterocycles. The van der Waals surface area contributed by atoms with Gasteiger partial charge in [-0.3, -0.25) is 15.0 Å². The van der Waals surface area contributed by atoms with Gasteiger partial charge in [-0.05, 0) is 39.0 Å². The number of hydrogen-bond acceptors (Lipinski definition) is 7. The third-order valence-electron chi connectivity index (χ3n) is 3.75. The van der Waals surface area contributed by atoms with E-state index in [9.17, 15) is 14.4 Å². The Morgan fingerprint density at radius 3 is 2.35 bits per heavy atom. The minimum atomic E-state index is -0.809. The number of nitrogens with one attached hydrogen (secondary N) is 4. The number of anilines is 2. The number of aromatic nitrogens is 1. The summed E-state index contributed by atoms with van der Waals surface area (Å²) in [5.41, 5.74) is 4.86. The molecule has 2 aromatic rings. The van der Waals surface area contributed by atoms with Gasteiger partial charge in [-0.2, -0.15) is 0 Å².